The second-order valence-corrected chi connectivity index (χ2v) is 5.48. The number of amides is 1. The monoisotopic (exact) mass is 329 g/mol. The van der Waals surface area contributed by atoms with E-state index in [9.17, 15) is 9.90 Å². The zero-order valence-electron chi connectivity index (χ0n) is 13.6. The van der Waals surface area contributed by atoms with E-state index in [1.165, 1.54) is 4.90 Å². The maximum absolute atomic E-state index is 12.7. The number of nitrogens with zero attached hydrogens (tertiary/aromatic N) is 4. The molecular weight excluding hydrogens is 310 g/mol. The molecule has 2 N–H and O–H groups in total. The van der Waals surface area contributed by atoms with Crippen LogP contribution in [0, 0.1) is 6.92 Å². The first-order valence-corrected chi connectivity index (χ1v) is 7.57. The van der Waals surface area contributed by atoms with Crippen molar-refractivity contribution >= 4 is 5.91 Å². The van der Waals surface area contributed by atoms with Crippen LogP contribution in [0.5, 0.6) is 0 Å². The van der Waals surface area contributed by atoms with E-state index < -0.39 is 0 Å². The minimum Gasteiger partial charge on any atom is -0.460 e. The first kappa shape index (κ1) is 16.0. The second kappa shape index (κ2) is 6.71. The summed E-state index contributed by atoms with van der Waals surface area (Å²) in [5.74, 6) is 1.85. The number of aliphatic hydroxyl groups is 1. The van der Waals surface area contributed by atoms with Gasteiger partial charge in [0.15, 0.2) is 11.5 Å². The molecule has 0 aliphatic heterocycles. The maximum Gasteiger partial charge on any atom is 0.274 e. The Morgan fingerprint density at radius 2 is 2.29 bits per heavy atom. The predicted molar refractivity (Wildman–Crippen MR) is 86.1 cm³/mol. The molecule has 0 fully saturated rings. The number of rotatable bonds is 6. The van der Waals surface area contributed by atoms with Gasteiger partial charge in [0, 0.05) is 32.1 Å². The standard InChI is InChI=1S/C16H19N5O3/c1-11-3-4-14(24-11)12-9-13(19-18-12)16(23)21(7-8-22)10-15-17-5-6-20(15)2/h3-6,9,22H,7-8,10H2,1-2H3,(H,18,19). The van der Waals surface area contributed by atoms with Crippen LogP contribution in [-0.2, 0) is 13.6 Å². The first-order chi connectivity index (χ1) is 11.6. The lowest BCUT2D eigenvalue weighted by Crippen LogP contribution is -2.34. The van der Waals surface area contributed by atoms with E-state index in [1.807, 2.05) is 36.9 Å². The molecule has 0 radical (unpaired) electrons. The SMILES string of the molecule is Cc1ccc(-c2cc(C(=O)N(CCO)Cc3nccn3C)n[nH]2)o1. The number of aliphatic hydroxyl groups excluding tert-OH is 1. The molecule has 126 valence electrons. The fourth-order valence-corrected chi connectivity index (χ4v) is 2.39. The van der Waals surface area contributed by atoms with Crippen LogP contribution in [0.3, 0.4) is 0 Å². The third-order valence-corrected chi connectivity index (χ3v) is 3.71. The molecule has 0 aliphatic rings. The highest BCUT2D eigenvalue weighted by atomic mass is 16.3. The van der Waals surface area contributed by atoms with Crippen molar-refractivity contribution in [3.05, 3.63) is 47.9 Å². The average molecular weight is 329 g/mol. The van der Waals surface area contributed by atoms with Crippen molar-refractivity contribution < 1.29 is 14.3 Å². The van der Waals surface area contributed by atoms with Crippen LogP contribution in [-0.4, -0.2) is 48.8 Å². The zero-order valence-corrected chi connectivity index (χ0v) is 13.6. The molecule has 3 heterocycles. The Morgan fingerprint density at radius 3 is 2.92 bits per heavy atom. The predicted octanol–water partition coefficient (Wildman–Crippen LogP) is 1.35. The molecule has 0 spiro atoms. The van der Waals surface area contributed by atoms with E-state index >= 15 is 0 Å². The van der Waals surface area contributed by atoms with Crippen LogP contribution < -0.4 is 0 Å². The van der Waals surface area contributed by atoms with Gasteiger partial charge in [0.2, 0.25) is 0 Å². The molecule has 8 nitrogen and oxygen atoms in total. The average Bonchev–Trinajstić information content (AvgIpc) is 3.28. The lowest BCUT2D eigenvalue weighted by atomic mass is 10.2. The lowest BCUT2D eigenvalue weighted by Gasteiger charge is -2.20. The van der Waals surface area contributed by atoms with Crippen molar-refractivity contribution in [1.82, 2.24) is 24.6 Å². The van der Waals surface area contributed by atoms with Crippen molar-refractivity contribution in [2.24, 2.45) is 7.05 Å². The summed E-state index contributed by atoms with van der Waals surface area (Å²) in [6.45, 7) is 2.21. The third-order valence-electron chi connectivity index (χ3n) is 3.71. The Morgan fingerprint density at radius 1 is 1.46 bits per heavy atom. The van der Waals surface area contributed by atoms with E-state index in [0.29, 0.717) is 18.0 Å². The van der Waals surface area contributed by atoms with Gasteiger partial charge in [0.25, 0.3) is 5.91 Å². The largest absolute Gasteiger partial charge is 0.460 e. The molecule has 3 aromatic rings. The summed E-state index contributed by atoms with van der Waals surface area (Å²) >= 11 is 0. The van der Waals surface area contributed by atoms with Gasteiger partial charge >= 0.3 is 0 Å². The number of carbonyl (C=O) groups is 1. The number of carbonyl (C=O) groups excluding carboxylic acids is 1. The molecule has 24 heavy (non-hydrogen) atoms. The van der Waals surface area contributed by atoms with Gasteiger partial charge in [-0.25, -0.2) is 4.98 Å². The van der Waals surface area contributed by atoms with Gasteiger partial charge in [-0.15, -0.1) is 0 Å². The molecule has 0 bridgehead atoms. The van der Waals surface area contributed by atoms with Gasteiger partial charge in [-0.1, -0.05) is 0 Å². The van der Waals surface area contributed by atoms with Gasteiger partial charge in [-0.05, 0) is 19.1 Å². The molecule has 0 atom stereocenters. The summed E-state index contributed by atoms with van der Waals surface area (Å²) < 4.78 is 7.35. The van der Waals surface area contributed by atoms with Gasteiger partial charge in [-0.3, -0.25) is 9.89 Å². The maximum atomic E-state index is 12.7. The lowest BCUT2D eigenvalue weighted by molar-refractivity contribution is 0.0695. The van der Waals surface area contributed by atoms with Crippen molar-refractivity contribution in [2.75, 3.05) is 13.2 Å². The Labute approximate surface area is 138 Å². The van der Waals surface area contributed by atoms with Crippen LogP contribution in [0.15, 0.2) is 35.0 Å². The number of aromatic nitrogens is 4. The highest BCUT2D eigenvalue weighted by Crippen LogP contribution is 2.21. The molecule has 0 aromatic carbocycles. The topological polar surface area (TPSA) is 100 Å². The Bertz CT molecular complexity index is 832. The Kier molecular flexibility index (Phi) is 4.48. The highest BCUT2D eigenvalue weighted by molar-refractivity contribution is 5.93. The molecule has 0 saturated carbocycles. The summed E-state index contributed by atoms with van der Waals surface area (Å²) in [7, 11) is 1.86. The second-order valence-electron chi connectivity index (χ2n) is 5.48. The fraction of sp³-hybridized carbons (Fsp3) is 0.312. The number of aryl methyl sites for hydroxylation is 2. The van der Waals surface area contributed by atoms with E-state index in [-0.39, 0.29) is 24.8 Å². The highest BCUT2D eigenvalue weighted by Gasteiger charge is 2.21. The van der Waals surface area contributed by atoms with Crippen molar-refractivity contribution in [2.45, 2.75) is 13.5 Å². The van der Waals surface area contributed by atoms with Crippen molar-refractivity contribution in [1.29, 1.82) is 0 Å². The Balaban J connectivity index is 1.80. The molecule has 0 saturated heterocycles. The normalized spacial score (nSPS) is 11.0. The molecule has 8 heteroatoms. The summed E-state index contributed by atoms with van der Waals surface area (Å²) in [6.07, 6.45) is 3.48. The summed E-state index contributed by atoms with van der Waals surface area (Å²) in [5.41, 5.74) is 0.897. The van der Waals surface area contributed by atoms with Gasteiger partial charge in [-0.2, -0.15) is 5.10 Å². The van der Waals surface area contributed by atoms with Crippen molar-refractivity contribution in [3.8, 4) is 11.5 Å². The van der Waals surface area contributed by atoms with E-state index in [2.05, 4.69) is 15.2 Å². The zero-order chi connectivity index (χ0) is 17.1. The van der Waals surface area contributed by atoms with Crippen LogP contribution in [0.1, 0.15) is 22.1 Å². The molecule has 1 amide bonds. The molecule has 3 rings (SSSR count). The summed E-state index contributed by atoms with van der Waals surface area (Å²) in [6, 6.07) is 5.30. The summed E-state index contributed by atoms with van der Waals surface area (Å²) in [5, 5.41) is 16.1. The van der Waals surface area contributed by atoms with Crippen molar-refractivity contribution in [3.63, 3.8) is 0 Å². The Hall–Kier alpha value is -2.87. The van der Waals surface area contributed by atoms with Crippen LogP contribution in [0.2, 0.25) is 0 Å². The number of nitrogens with one attached hydrogen (secondary N) is 1. The van der Waals surface area contributed by atoms with Crippen LogP contribution >= 0.6 is 0 Å². The van der Waals surface area contributed by atoms with E-state index in [0.717, 1.165) is 11.6 Å². The van der Waals surface area contributed by atoms with E-state index in [1.54, 1.807) is 12.3 Å². The summed E-state index contributed by atoms with van der Waals surface area (Å²) in [4.78, 5) is 18.4. The third kappa shape index (κ3) is 3.23. The number of H-pyrrole nitrogens is 1. The minimum absolute atomic E-state index is 0.134. The van der Waals surface area contributed by atoms with E-state index in [4.69, 9.17) is 4.42 Å². The molecule has 0 unspecified atom stereocenters. The van der Waals surface area contributed by atoms with Gasteiger partial charge < -0.3 is 19.0 Å². The number of aromatic amines is 1. The number of hydrogen-bond acceptors (Lipinski definition) is 5. The van der Waals surface area contributed by atoms with Gasteiger partial charge in [0.1, 0.15) is 17.3 Å². The number of furan rings is 1. The van der Waals surface area contributed by atoms with Crippen LogP contribution in [0.25, 0.3) is 11.5 Å². The fourth-order valence-electron chi connectivity index (χ4n) is 2.39. The van der Waals surface area contributed by atoms with Gasteiger partial charge in [0.05, 0.1) is 13.2 Å². The number of hydrogen-bond donors (Lipinski definition) is 2. The molecule has 3 aromatic heterocycles. The first-order valence-electron chi connectivity index (χ1n) is 7.57. The van der Waals surface area contributed by atoms with Crippen LogP contribution in [0.4, 0.5) is 0 Å². The minimum atomic E-state index is -0.280. The quantitative estimate of drug-likeness (QED) is 0.711. The molecule has 0 aliphatic carbocycles. The molecular formula is C16H19N5O3. The smallest absolute Gasteiger partial charge is 0.274 e. The number of imidazole rings is 1.